The third-order valence-electron chi connectivity index (χ3n) is 6.45. The molecule has 0 aliphatic heterocycles. The van der Waals surface area contributed by atoms with Crippen molar-refractivity contribution in [2.24, 2.45) is 0 Å². The predicted octanol–water partition coefficient (Wildman–Crippen LogP) is 7.64. The molecular weight excluding hydrogens is 646 g/mol. The van der Waals surface area contributed by atoms with E-state index in [1.54, 1.807) is 0 Å². The zero-order valence-electron chi connectivity index (χ0n) is 25.0. The standard InChI is InChI=1S/C32H28ClF4N5O5/c1-19-3-5-20(6-4-19)18-46-31(45)42(2)14-13-39-29(43)28-17-23(11-12-38-28)47-22-8-10-27(26(34)16-22)41-30(44)40-21-7-9-25(33)24(15-21)32(35,36)37/h3-12,15-17H,13-14,18H2,1-2H3,(H,39,43)(H2,40,41,44). The smallest absolute Gasteiger partial charge is 0.417 e. The fourth-order valence-corrected chi connectivity index (χ4v) is 4.18. The van der Waals surface area contributed by atoms with Crippen molar-refractivity contribution >= 4 is 41.0 Å². The quantitative estimate of drug-likeness (QED) is 0.149. The molecule has 0 spiro atoms. The van der Waals surface area contributed by atoms with E-state index in [9.17, 15) is 31.9 Å². The molecule has 0 aliphatic carbocycles. The number of hydrogen-bond donors (Lipinski definition) is 3. The van der Waals surface area contributed by atoms with Crippen LogP contribution in [0.1, 0.15) is 27.2 Å². The number of alkyl halides is 3. The van der Waals surface area contributed by atoms with Crippen LogP contribution in [0.2, 0.25) is 5.02 Å². The van der Waals surface area contributed by atoms with Crippen LogP contribution in [-0.4, -0.2) is 48.1 Å². The Morgan fingerprint density at radius 2 is 1.66 bits per heavy atom. The molecule has 10 nitrogen and oxygen atoms in total. The van der Waals surface area contributed by atoms with E-state index >= 15 is 0 Å². The first-order valence-electron chi connectivity index (χ1n) is 13.9. The summed E-state index contributed by atoms with van der Waals surface area (Å²) in [6.45, 7) is 2.35. The van der Waals surface area contributed by atoms with Crippen molar-refractivity contribution in [2.45, 2.75) is 19.7 Å². The number of anilines is 2. The maximum Gasteiger partial charge on any atom is 0.417 e. The Balaban J connectivity index is 1.26. The number of rotatable bonds is 10. The van der Waals surface area contributed by atoms with Gasteiger partial charge in [-0.05, 0) is 48.9 Å². The van der Waals surface area contributed by atoms with E-state index in [4.69, 9.17) is 21.1 Å². The van der Waals surface area contributed by atoms with Crippen LogP contribution in [0.4, 0.5) is 38.5 Å². The molecule has 0 unspecified atom stereocenters. The predicted molar refractivity (Wildman–Crippen MR) is 166 cm³/mol. The summed E-state index contributed by atoms with van der Waals surface area (Å²) in [6.07, 6.45) is -3.97. The minimum Gasteiger partial charge on any atom is -0.457 e. The molecule has 3 aromatic carbocycles. The molecule has 4 rings (SSSR count). The average Bonchev–Trinajstić information content (AvgIpc) is 3.02. The molecule has 1 heterocycles. The number of nitrogens with one attached hydrogen (secondary N) is 3. The molecule has 0 bridgehead atoms. The minimum absolute atomic E-state index is 0.00147. The van der Waals surface area contributed by atoms with Gasteiger partial charge in [-0.3, -0.25) is 9.78 Å². The summed E-state index contributed by atoms with van der Waals surface area (Å²) in [5, 5.41) is 6.51. The van der Waals surface area contributed by atoms with E-state index in [0.717, 1.165) is 29.3 Å². The monoisotopic (exact) mass is 673 g/mol. The van der Waals surface area contributed by atoms with Gasteiger partial charge in [0.15, 0.2) is 0 Å². The number of halogens is 5. The Hall–Kier alpha value is -5.37. The van der Waals surface area contributed by atoms with E-state index in [-0.39, 0.29) is 48.3 Å². The van der Waals surface area contributed by atoms with Gasteiger partial charge < -0.3 is 30.3 Å². The van der Waals surface area contributed by atoms with Gasteiger partial charge in [0, 0.05) is 44.2 Å². The highest BCUT2D eigenvalue weighted by atomic mass is 35.5. The number of likely N-dealkylation sites (N-methyl/N-ethyl adjacent to an activating group) is 1. The SMILES string of the molecule is Cc1ccc(COC(=O)N(C)CCNC(=O)c2cc(Oc3ccc(NC(=O)Nc4ccc(Cl)c(C(F)(F)F)c4)c(F)c3)ccn2)cc1. The minimum atomic E-state index is -4.73. The van der Waals surface area contributed by atoms with E-state index in [1.165, 1.54) is 42.4 Å². The van der Waals surface area contributed by atoms with Crippen molar-refractivity contribution in [3.63, 3.8) is 0 Å². The highest BCUT2D eigenvalue weighted by Gasteiger charge is 2.33. The number of amides is 4. The molecular formula is C32H28ClF4N5O5. The number of pyridine rings is 1. The molecule has 0 saturated carbocycles. The largest absolute Gasteiger partial charge is 0.457 e. The Morgan fingerprint density at radius 1 is 0.936 bits per heavy atom. The topological polar surface area (TPSA) is 122 Å². The number of ether oxygens (including phenoxy) is 2. The second-order valence-electron chi connectivity index (χ2n) is 10.1. The van der Waals surface area contributed by atoms with Gasteiger partial charge in [0.2, 0.25) is 0 Å². The zero-order valence-corrected chi connectivity index (χ0v) is 25.7. The van der Waals surface area contributed by atoms with E-state index < -0.39 is 40.6 Å². The maximum atomic E-state index is 14.7. The molecule has 0 fully saturated rings. The number of carbonyl (C=O) groups excluding carboxylic acids is 3. The second kappa shape index (κ2) is 15.3. The Morgan fingerprint density at radius 3 is 2.36 bits per heavy atom. The lowest BCUT2D eigenvalue weighted by Gasteiger charge is -2.17. The number of hydrogen-bond acceptors (Lipinski definition) is 6. The lowest BCUT2D eigenvalue weighted by molar-refractivity contribution is -0.137. The number of aryl methyl sites for hydroxylation is 1. The van der Waals surface area contributed by atoms with Gasteiger partial charge in [-0.15, -0.1) is 0 Å². The van der Waals surface area contributed by atoms with Crippen molar-refractivity contribution in [3.05, 3.63) is 112 Å². The first kappa shape index (κ1) is 34.5. The van der Waals surface area contributed by atoms with Gasteiger partial charge in [-0.1, -0.05) is 41.4 Å². The van der Waals surface area contributed by atoms with Gasteiger partial charge in [0.25, 0.3) is 5.91 Å². The first-order valence-corrected chi connectivity index (χ1v) is 14.3. The molecule has 4 amide bonds. The van der Waals surface area contributed by atoms with Crippen molar-refractivity contribution in [1.82, 2.24) is 15.2 Å². The molecule has 3 N–H and O–H groups in total. The molecule has 47 heavy (non-hydrogen) atoms. The summed E-state index contributed by atoms with van der Waals surface area (Å²) in [6, 6.07) is 15.6. The first-order chi connectivity index (χ1) is 22.3. The number of carbonyl (C=O) groups is 3. The van der Waals surface area contributed by atoms with Crippen LogP contribution in [0, 0.1) is 12.7 Å². The normalized spacial score (nSPS) is 11.0. The number of benzene rings is 3. The molecule has 246 valence electrons. The lowest BCUT2D eigenvalue weighted by atomic mass is 10.2. The molecule has 0 saturated heterocycles. The van der Waals surface area contributed by atoms with E-state index in [1.807, 2.05) is 31.2 Å². The zero-order chi connectivity index (χ0) is 34.1. The molecule has 0 radical (unpaired) electrons. The molecule has 0 aliphatic rings. The summed E-state index contributed by atoms with van der Waals surface area (Å²) in [7, 11) is 1.54. The third kappa shape index (κ3) is 10.1. The Kier molecular flexibility index (Phi) is 11.2. The average molecular weight is 674 g/mol. The molecule has 15 heteroatoms. The van der Waals surface area contributed by atoms with Gasteiger partial charge in [0.1, 0.15) is 29.6 Å². The van der Waals surface area contributed by atoms with Gasteiger partial charge >= 0.3 is 18.3 Å². The maximum absolute atomic E-state index is 14.7. The Labute approximate surface area is 271 Å². The van der Waals surface area contributed by atoms with Crippen LogP contribution in [0.15, 0.2) is 79.0 Å². The second-order valence-corrected chi connectivity index (χ2v) is 10.5. The van der Waals surface area contributed by atoms with Crippen molar-refractivity contribution < 1.29 is 41.4 Å². The molecule has 1 aromatic heterocycles. The number of aromatic nitrogens is 1. The summed E-state index contributed by atoms with van der Waals surface area (Å²) >= 11 is 5.58. The van der Waals surface area contributed by atoms with Gasteiger partial charge in [-0.25, -0.2) is 14.0 Å². The number of nitrogens with zero attached hydrogens (tertiary/aromatic N) is 2. The van der Waals surface area contributed by atoms with E-state index in [0.29, 0.717) is 6.07 Å². The van der Waals surface area contributed by atoms with Crippen LogP contribution < -0.4 is 20.7 Å². The summed E-state index contributed by atoms with van der Waals surface area (Å²) in [5.41, 5.74) is 0.313. The highest BCUT2D eigenvalue weighted by Crippen LogP contribution is 2.36. The third-order valence-corrected chi connectivity index (χ3v) is 6.78. The van der Waals surface area contributed by atoms with Crippen LogP contribution in [0.5, 0.6) is 11.5 Å². The van der Waals surface area contributed by atoms with Crippen LogP contribution in [0.25, 0.3) is 0 Å². The van der Waals surface area contributed by atoms with Crippen molar-refractivity contribution in [3.8, 4) is 11.5 Å². The molecule has 4 aromatic rings. The summed E-state index contributed by atoms with van der Waals surface area (Å²) in [5.74, 6) is -1.28. The van der Waals surface area contributed by atoms with Crippen molar-refractivity contribution in [1.29, 1.82) is 0 Å². The van der Waals surface area contributed by atoms with Gasteiger partial charge in [-0.2, -0.15) is 13.2 Å². The highest BCUT2D eigenvalue weighted by molar-refractivity contribution is 6.31. The van der Waals surface area contributed by atoms with Crippen LogP contribution in [-0.2, 0) is 17.5 Å². The van der Waals surface area contributed by atoms with Crippen molar-refractivity contribution in [2.75, 3.05) is 30.8 Å². The van der Waals surface area contributed by atoms with E-state index in [2.05, 4.69) is 20.9 Å². The summed E-state index contributed by atoms with van der Waals surface area (Å²) in [4.78, 5) is 42.5. The Bertz CT molecular complexity index is 1760. The molecule has 0 atom stereocenters. The number of urea groups is 1. The van der Waals surface area contributed by atoms with Crippen LogP contribution >= 0.6 is 11.6 Å². The van der Waals surface area contributed by atoms with Crippen LogP contribution in [0.3, 0.4) is 0 Å². The summed E-state index contributed by atoms with van der Waals surface area (Å²) < 4.78 is 64.9. The fourth-order valence-electron chi connectivity index (χ4n) is 3.96. The lowest BCUT2D eigenvalue weighted by Crippen LogP contribution is -2.36. The van der Waals surface area contributed by atoms with Gasteiger partial charge in [0.05, 0.1) is 16.3 Å². The fraction of sp³-hybridized carbons (Fsp3) is 0.188.